The van der Waals surface area contributed by atoms with Gasteiger partial charge in [-0.15, -0.1) is 11.3 Å². The number of ether oxygens (including phenoxy) is 1. The van der Waals surface area contributed by atoms with Gasteiger partial charge in [0.15, 0.2) is 0 Å². The van der Waals surface area contributed by atoms with Crippen molar-refractivity contribution in [1.29, 1.82) is 0 Å². The lowest BCUT2D eigenvalue weighted by Gasteiger charge is -2.37. The van der Waals surface area contributed by atoms with Crippen molar-refractivity contribution in [2.24, 2.45) is 0 Å². The fraction of sp³-hybridized carbons (Fsp3) is 0.333. The van der Waals surface area contributed by atoms with Crippen LogP contribution >= 0.6 is 11.3 Å². The highest BCUT2D eigenvalue weighted by Crippen LogP contribution is 2.35. The summed E-state index contributed by atoms with van der Waals surface area (Å²) < 4.78 is 19.4. The molecule has 0 spiro atoms. The lowest BCUT2D eigenvalue weighted by Crippen LogP contribution is -2.48. The van der Waals surface area contributed by atoms with E-state index in [0.717, 1.165) is 36.1 Å². The van der Waals surface area contributed by atoms with Crippen LogP contribution in [0.4, 0.5) is 4.39 Å². The summed E-state index contributed by atoms with van der Waals surface area (Å²) in [6.07, 6.45) is 2.57. The van der Waals surface area contributed by atoms with E-state index in [1.165, 1.54) is 29.1 Å². The molecule has 176 valence electrons. The van der Waals surface area contributed by atoms with E-state index in [4.69, 9.17) is 4.74 Å². The van der Waals surface area contributed by atoms with E-state index in [2.05, 4.69) is 11.4 Å². The average molecular weight is 479 g/mol. The highest BCUT2D eigenvalue weighted by atomic mass is 32.1. The molecule has 1 saturated carbocycles. The van der Waals surface area contributed by atoms with Gasteiger partial charge in [-0.2, -0.15) is 0 Å². The normalized spacial score (nSPS) is 17.2. The van der Waals surface area contributed by atoms with E-state index in [9.17, 15) is 14.0 Å². The molecule has 2 aliphatic rings. The van der Waals surface area contributed by atoms with Crippen LogP contribution in [-0.4, -0.2) is 47.4 Å². The summed E-state index contributed by atoms with van der Waals surface area (Å²) in [6.45, 7) is 2.99. The number of fused-ring (bicyclic) bond motifs is 1. The second-order valence-electron chi connectivity index (χ2n) is 8.95. The molecule has 2 aromatic carbocycles. The zero-order valence-electron chi connectivity index (χ0n) is 19.1. The summed E-state index contributed by atoms with van der Waals surface area (Å²) in [5.41, 5.74) is 2.69. The molecule has 0 N–H and O–H groups in total. The van der Waals surface area contributed by atoms with Crippen LogP contribution in [0, 0.1) is 12.7 Å². The zero-order chi connectivity index (χ0) is 23.7. The molecular weight excluding hydrogens is 451 g/mol. The standard InChI is InChI=1S/C27H27FN2O3S/c1-18-2-10-22(11-3-18)33-17-24-23-13-15-34-25(23)12-14-29(24)26(31)16-30(21-8-9-21)27(32)19-4-6-20(28)7-5-19/h2-7,10-11,13,15,21,24H,8-9,12,14,16-17H2,1H3/t24-/m1/s1. The Labute approximate surface area is 202 Å². The van der Waals surface area contributed by atoms with Gasteiger partial charge in [0, 0.05) is 23.0 Å². The van der Waals surface area contributed by atoms with E-state index in [1.807, 2.05) is 36.1 Å². The molecule has 2 amide bonds. The fourth-order valence-electron chi connectivity index (χ4n) is 4.43. The van der Waals surface area contributed by atoms with Gasteiger partial charge in [-0.3, -0.25) is 9.59 Å². The van der Waals surface area contributed by atoms with Crippen molar-refractivity contribution in [3.05, 3.63) is 87.4 Å². The van der Waals surface area contributed by atoms with Crippen LogP contribution in [0.3, 0.4) is 0 Å². The summed E-state index contributed by atoms with van der Waals surface area (Å²) in [5, 5.41) is 2.06. The lowest BCUT2D eigenvalue weighted by atomic mass is 10.0. The molecule has 0 bridgehead atoms. The number of thiophene rings is 1. The molecule has 5 nitrogen and oxygen atoms in total. The van der Waals surface area contributed by atoms with Crippen LogP contribution in [0.2, 0.25) is 0 Å². The van der Waals surface area contributed by atoms with Gasteiger partial charge in [-0.25, -0.2) is 4.39 Å². The maximum absolute atomic E-state index is 13.5. The molecule has 0 unspecified atom stereocenters. The number of amides is 2. The maximum atomic E-state index is 13.5. The minimum atomic E-state index is -0.387. The predicted molar refractivity (Wildman–Crippen MR) is 130 cm³/mol. The highest BCUT2D eigenvalue weighted by molar-refractivity contribution is 7.10. The molecule has 1 atom stereocenters. The summed E-state index contributed by atoms with van der Waals surface area (Å²) in [6, 6.07) is 15.3. The van der Waals surface area contributed by atoms with Crippen molar-refractivity contribution in [2.45, 2.75) is 38.3 Å². The number of rotatable bonds is 7. The van der Waals surface area contributed by atoms with Gasteiger partial charge in [0.2, 0.25) is 5.91 Å². The predicted octanol–water partition coefficient (Wildman–Crippen LogP) is 5.01. The third kappa shape index (κ3) is 4.85. The number of carbonyl (C=O) groups is 2. The van der Waals surface area contributed by atoms with Crippen molar-refractivity contribution in [3.63, 3.8) is 0 Å². The van der Waals surface area contributed by atoms with Crippen LogP contribution in [0.25, 0.3) is 0 Å². The summed E-state index contributed by atoms with van der Waals surface area (Å²) in [5.74, 6) is 0.0709. The molecule has 0 saturated heterocycles. The average Bonchev–Trinajstić information content (AvgIpc) is 3.57. The van der Waals surface area contributed by atoms with Gasteiger partial charge in [0.1, 0.15) is 24.7 Å². The van der Waals surface area contributed by atoms with E-state index < -0.39 is 0 Å². The fourth-order valence-corrected chi connectivity index (χ4v) is 5.36. The van der Waals surface area contributed by atoms with Gasteiger partial charge in [-0.05, 0) is 79.6 Å². The molecular formula is C27H27FN2O3S. The number of nitrogens with zero attached hydrogens (tertiary/aromatic N) is 2. The first kappa shape index (κ1) is 22.6. The molecule has 34 heavy (non-hydrogen) atoms. The largest absolute Gasteiger partial charge is 0.491 e. The van der Waals surface area contributed by atoms with Crippen LogP contribution in [0.1, 0.15) is 45.2 Å². The van der Waals surface area contributed by atoms with Gasteiger partial charge in [0.25, 0.3) is 5.91 Å². The molecule has 7 heteroatoms. The quantitative estimate of drug-likeness (QED) is 0.480. The second-order valence-corrected chi connectivity index (χ2v) is 9.95. The Hall–Kier alpha value is -3.19. The Morgan fingerprint density at radius 2 is 1.82 bits per heavy atom. The Balaban J connectivity index is 1.33. The monoisotopic (exact) mass is 478 g/mol. The van der Waals surface area contributed by atoms with Gasteiger partial charge < -0.3 is 14.5 Å². The van der Waals surface area contributed by atoms with Gasteiger partial charge in [0.05, 0.1) is 6.04 Å². The number of aryl methyl sites for hydroxylation is 1. The van der Waals surface area contributed by atoms with E-state index in [1.54, 1.807) is 16.2 Å². The summed E-state index contributed by atoms with van der Waals surface area (Å²) >= 11 is 1.71. The number of hydrogen-bond acceptors (Lipinski definition) is 4. The number of carbonyl (C=O) groups excluding carboxylic acids is 2. The number of hydrogen-bond donors (Lipinski definition) is 0. The van der Waals surface area contributed by atoms with E-state index >= 15 is 0 Å². The van der Waals surface area contributed by atoms with E-state index in [0.29, 0.717) is 18.7 Å². The minimum absolute atomic E-state index is 0.0153. The van der Waals surface area contributed by atoms with Crippen LogP contribution in [0.15, 0.2) is 60.0 Å². The molecule has 0 radical (unpaired) electrons. The highest BCUT2D eigenvalue weighted by Gasteiger charge is 2.38. The van der Waals surface area contributed by atoms with Gasteiger partial charge in [-0.1, -0.05) is 17.7 Å². The topological polar surface area (TPSA) is 49.9 Å². The van der Waals surface area contributed by atoms with Crippen LogP contribution < -0.4 is 4.74 Å². The summed E-state index contributed by atoms with van der Waals surface area (Å²) in [4.78, 5) is 31.5. The van der Waals surface area contributed by atoms with Crippen molar-refractivity contribution in [3.8, 4) is 5.75 Å². The number of halogens is 1. The van der Waals surface area contributed by atoms with Crippen LogP contribution in [0.5, 0.6) is 5.75 Å². The smallest absolute Gasteiger partial charge is 0.254 e. The molecule has 1 fully saturated rings. The molecule has 3 aromatic rings. The Morgan fingerprint density at radius 1 is 1.09 bits per heavy atom. The Bertz CT molecular complexity index is 1170. The van der Waals surface area contributed by atoms with Crippen molar-refractivity contribution >= 4 is 23.2 Å². The van der Waals surface area contributed by atoms with E-state index in [-0.39, 0.29) is 36.3 Å². The van der Waals surface area contributed by atoms with Crippen molar-refractivity contribution in [2.75, 3.05) is 19.7 Å². The number of benzene rings is 2. The molecule has 1 aliphatic heterocycles. The van der Waals surface area contributed by atoms with Gasteiger partial charge >= 0.3 is 0 Å². The first-order valence-corrected chi connectivity index (χ1v) is 12.5. The zero-order valence-corrected chi connectivity index (χ0v) is 19.9. The SMILES string of the molecule is Cc1ccc(OC[C@@H]2c3ccsc3CCN2C(=O)CN(C(=O)c2ccc(F)cc2)C2CC2)cc1. The second kappa shape index (κ2) is 9.58. The molecule has 1 aromatic heterocycles. The molecule has 1 aliphatic carbocycles. The minimum Gasteiger partial charge on any atom is -0.491 e. The molecule has 2 heterocycles. The van der Waals surface area contributed by atoms with Crippen molar-refractivity contribution < 1.29 is 18.7 Å². The summed E-state index contributed by atoms with van der Waals surface area (Å²) in [7, 11) is 0. The first-order chi connectivity index (χ1) is 16.5. The lowest BCUT2D eigenvalue weighted by molar-refractivity contribution is -0.135. The third-order valence-corrected chi connectivity index (χ3v) is 7.49. The third-order valence-electron chi connectivity index (χ3n) is 6.49. The van der Waals surface area contributed by atoms with Crippen molar-refractivity contribution in [1.82, 2.24) is 9.80 Å². The first-order valence-electron chi connectivity index (χ1n) is 11.6. The maximum Gasteiger partial charge on any atom is 0.254 e. The van der Waals surface area contributed by atoms with Crippen LogP contribution in [-0.2, 0) is 11.2 Å². The Morgan fingerprint density at radius 3 is 2.53 bits per heavy atom. The molecule has 5 rings (SSSR count). The Kier molecular flexibility index (Phi) is 6.37.